The highest BCUT2D eigenvalue weighted by molar-refractivity contribution is 6.28. The highest BCUT2D eigenvalue weighted by atomic mass is 35.5. The second-order valence-corrected chi connectivity index (χ2v) is 8.45. The van der Waals surface area contributed by atoms with Gasteiger partial charge in [0.1, 0.15) is 5.82 Å². The zero-order valence-electron chi connectivity index (χ0n) is 16.9. The second kappa shape index (κ2) is 7.58. The first-order valence-electron chi connectivity index (χ1n) is 9.71. The third-order valence-electron chi connectivity index (χ3n) is 5.75. The number of hydrogen-bond donors (Lipinski definition) is 1. The largest absolute Gasteiger partial charge is 0.465 e. The van der Waals surface area contributed by atoms with Gasteiger partial charge < -0.3 is 24.2 Å². The molecule has 0 aromatic carbocycles. The molecule has 0 unspecified atom stereocenters. The molecule has 0 radical (unpaired) electrons. The van der Waals surface area contributed by atoms with Gasteiger partial charge in [0.05, 0.1) is 19.8 Å². The number of rotatable bonds is 3. The van der Waals surface area contributed by atoms with Crippen LogP contribution in [0.4, 0.5) is 10.6 Å². The van der Waals surface area contributed by atoms with Crippen LogP contribution in [0.2, 0.25) is 5.28 Å². The van der Waals surface area contributed by atoms with Crippen molar-refractivity contribution in [1.29, 1.82) is 0 Å². The number of amides is 1. The summed E-state index contributed by atoms with van der Waals surface area (Å²) in [4.78, 5) is 30.9. The van der Waals surface area contributed by atoms with Crippen molar-refractivity contribution in [3.8, 4) is 0 Å². The highest BCUT2D eigenvalue weighted by Gasteiger charge is 2.36. The Kier molecular flexibility index (Phi) is 5.26. The monoisotopic (exact) mass is 423 g/mol. The summed E-state index contributed by atoms with van der Waals surface area (Å²) in [5.74, 6) is 1.59. The maximum atomic E-state index is 11.3. The van der Waals surface area contributed by atoms with Crippen molar-refractivity contribution in [3.63, 3.8) is 0 Å². The fourth-order valence-electron chi connectivity index (χ4n) is 4.02. The van der Waals surface area contributed by atoms with E-state index in [0.717, 1.165) is 30.2 Å². The van der Waals surface area contributed by atoms with Crippen LogP contribution in [0.1, 0.15) is 19.7 Å². The van der Waals surface area contributed by atoms with E-state index in [2.05, 4.69) is 33.6 Å². The maximum absolute atomic E-state index is 11.3. The minimum absolute atomic E-state index is 0.198. The fraction of sp³-hybridized carbons (Fsp3) is 0.667. The van der Waals surface area contributed by atoms with Crippen molar-refractivity contribution >= 4 is 34.7 Å². The number of fused-ring (bicyclic) bond motifs is 1. The summed E-state index contributed by atoms with van der Waals surface area (Å²) in [7, 11) is 1.93. The van der Waals surface area contributed by atoms with Gasteiger partial charge in [0.25, 0.3) is 0 Å². The summed E-state index contributed by atoms with van der Waals surface area (Å²) in [5.41, 5.74) is 1.13. The molecule has 4 rings (SSSR count). The third kappa shape index (κ3) is 3.84. The van der Waals surface area contributed by atoms with Crippen LogP contribution in [-0.4, -0.2) is 92.0 Å². The molecule has 10 nitrogen and oxygen atoms in total. The van der Waals surface area contributed by atoms with Crippen molar-refractivity contribution in [2.45, 2.75) is 25.9 Å². The van der Waals surface area contributed by atoms with Crippen LogP contribution in [0.3, 0.4) is 0 Å². The minimum atomic E-state index is -0.875. The Morgan fingerprint density at radius 2 is 1.90 bits per heavy atom. The maximum Gasteiger partial charge on any atom is 0.407 e. The van der Waals surface area contributed by atoms with Crippen molar-refractivity contribution < 1.29 is 14.6 Å². The average molecular weight is 424 g/mol. The van der Waals surface area contributed by atoms with Crippen LogP contribution in [0.15, 0.2) is 0 Å². The van der Waals surface area contributed by atoms with E-state index in [1.807, 2.05) is 11.6 Å². The molecule has 0 atom stereocenters. The number of piperazine rings is 1. The second-order valence-electron chi connectivity index (χ2n) is 8.11. The average Bonchev–Trinajstić information content (AvgIpc) is 2.99. The molecule has 11 heteroatoms. The lowest BCUT2D eigenvalue weighted by Gasteiger charge is -2.46. The molecule has 2 saturated heterocycles. The van der Waals surface area contributed by atoms with Crippen molar-refractivity contribution in [2.75, 3.05) is 50.8 Å². The molecule has 29 heavy (non-hydrogen) atoms. The Morgan fingerprint density at radius 3 is 2.55 bits per heavy atom. The molecule has 158 valence electrons. The number of aryl methyl sites for hydroxylation is 1. The number of carboxylic acid groups (broad SMARTS) is 1. The van der Waals surface area contributed by atoms with E-state index in [0.29, 0.717) is 45.0 Å². The molecular weight excluding hydrogens is 398 g/mol. The molecule has 2 aromatic heterocycles. The van der Waals surface area contributed by atoms with Gasteiger partial charge in [0.2, 0.25) is 5.28 Å². The zero-order valence-corrected chi connectivity index (χ0v) is 17.7. The molecule has 1 amide bonds. The van der Waals surface area contributed by atoms with Gasteiger partial charge in [-0.1, -0.05) is 0 Å². The smallest absolute Gasteiger partial charge is 0.407 e. The quantitative estimate of drug-likeness (QED) is 0.740. The van der Waals surface area contributed by atoms with E-state index in [-0.39, 0.29) is 10.8 Å². The Balaban J connectivity index is 1.65. The number of imidazole rings is 1. The Labute approximate surface area is 174 Å². The summed E-state index contributed by atoms with van der Waals surface area (Å²) in [6.07, 6.45) is -0.875. The van der Waals surface area contributed by atoms with Gasteiger partial charge in [-0.05, 0) is 25.4 Å². The zero-order chi connectivity index (χ0) is 20.8. The Morgan fingerprint density at radius 1 is 1.17 bits per heavy atom. The first kappa shape index (κ1) is 20.1. The predicted molar refractivity (Wildman–Crippen MR) is 108 cm³/mol. The number of morpholine rings is 1. The lowest BCUT2D eigenvalue weighted by Crippen LogP contribution is -2.59. The first-order valence-corrected chi connectivity index (χ1v) is 10.1. The van der Waals surface area contributed by atoms with Gasteiger partial charge in [0, 0.05) is 45.3 Å². The fourth-order valence-corrected chi connectivity index (χ4v) is 4.18. The van der Waals surface area contributed by atoms with Crippen molar-refractivity contribution in [1.82, 2.24) is 29.3 Å². The molecular formula is C18H26ClN7O3. The van der Waals surface area contributed by atoms with E-state index >= 15 is 0 Å². The number of carbonyl (C=O) groups is 1. The number of aromatic nitrogens is 4. The molecule has 0 aliphatic carbocycles. The van der Waals surface area contributed by atoms with Crippen LogP contribution in [-0.2, 0) is 18.3 Å². The van der Waals surface area contributed by atoms with Crippen LogP contribution in [0, 0.1) is 0 Å². The Hall–Kier alpha value is -2.17. The van der Waals surface area contributed by atoms with Crippen LogP contribution < -0.4 is 4.90 Å². The third-order valence-corrected chi connectivity index (χ3v) is 5.92. The van der Waals surface area contributed by atoms with E-state index < -0.39 is 6.09 Å². The number of hydrogen-bond acceptors (Lipinski definition) is 7. The molecule has 2 aliphatic rings. The number of anilines is 1. The topological polar surface area (TPSA) is 99.9 Å². The molecule has 2 aliphatic heterocycles. The van der Waals surface area contributed by atoms with E-state index in [4.69, 9.17) is 21.3 Å². The van der Waals surface area contributed by atoms with Gasteiger partial charge in [0.15, 0.2) is 17.0 Å². The van der Waals surface area contributed by atoms with E-state index in [1.54, 1.807) is 0 Å². The summed E-state index contributed by atoms with van der Waals surface area (Å²) in [6, 6.07) is 0. The predicted octanol–water partition coefficient (Wildman–Crippen LogP) is 1.43. The standard InChI is InChI=1S/C18H26ClN7O3/c1-18(2)11-25(17(27)28)4-5-26(18)10-12-20-13-14(23(12)3)21-16(19)22-15(13)24-6-8-29-9-7-24/h4-11H2,1-3H3,(H,27,28). The van der Waals surface area contributed by atoms with Gasteiger partial charge >= 0.3 is 6.09 Å². The van der Waals surface area contributed by atoms with Crippen LogP contribution in [0.25, 0.3) is 11.2 Å². The van der Waals surface area contributed by atoms with Crippen LogP contribution >= 0.6 is 11.6 Å². The number of halogens is 1. The van der Waals surface area contributed by atoms with Gasteiger partial charge in [-0.15, -0.1) is 0 Å². The number of ether oxygens (including phenoxy) is 1. The molecule has 1 N–H and O–H groups in total. The van der Waals surface area contributed by atoms with Gasteiger partial charge in [-0.2, -0.15) is 9.97 Å². The van der Waals surface area contributed by atoms with Gasteiger partial charge in [-0.3, -0.25) is 4.90 Å². The highest BCUT2D eigenvalue weighted by Crippen LogP contribution is 2.28. The first-order chi connectivity index (χ1) is 13.8. The van der Waals surface area contributed by atoms with E-state index in [9.17, 15) is 9.90 Å². The molecule has 2 aromatic rings. The van der Waals surface area contributed by atoms with E-state index in [1.165, 1.54) is 4.90 Å². The summed E-state index contributed by atoms with van der Waals surface area (Å²) in [5, 5.41) is 9.51. The molecule has 2 fully saturated rings. The molecule has 0 bridgehead atoms. The Bertz CT molecular complexity index is 926. The summed E-state index contributed by atoms with van der Waals surface area (Å²) < 4.78 is 7.40. The van der Waals surface area contributed by atoms with Crippen LogP contribution in [0.5, 0.6) is 0 Å². The van der Waals surface area contributed by atoms with Gasteiger partial charge in [-0.25, -0.2) is 9.78 Å². The van der Waals surface area contributed by atoms with Crippen molar-refractivity contribution in [2.24, 2.45) is 7.05 Å². The molecule has 0 saturated carbocycles. The molecule has 4 heterocycles. The SMILES string of the molecule is Cn1c(CN2CCN(C(=O)O)CC2(C)C)nc2c(N3CCOCC3)nc(Cl)nc21. The summed E-state index contributed by atoms with van der Waals surface area (Å²) in [6.45, 7) is 9.04. The van der Waals surface area contributed by atoms with Crippen molar-refractivity contribution in [3.05, 3.63) is 11.1 Å². The number of nitrogens with zero attached hydrogens (tertiary/aromatic N) is 7. The lowest BCUT2D eigenvalue weighted by atomic mass is 9.99. The minimum Gasteiger partial charge on any atom is -0.465 e. The molecule has 0 spiro atoms. The summed E-state index contributed by atoms with van der Waals surface area (Å²) >= 11 is 6.21. The normalized spacial score (nSPS) is 20.4. The lowest BCUT2D eigenvalue weighted by molar-refractivity contribution is 0.0161.